The Morgan fingerprint density at radius 1 is 1.46 bits per heavy atom. The van der Waals surface area contributed by atoms with Gasteiger partial charge in [-0.15, -0.1) is 6.58 Å². The molecule has 0 spiro atoms. The van der Waals surface area contributed by atoms with Crippen molar-refractivity contribution in [3.8, 4) is 5.75 Å². The fourth-order valence-electron chi connectivity index (χ4n) is 2.33. The highest BCUT2D eigenvalue weighted by Gasteiger charge is 2.47. The van der Waals surface area contributed by atoms with E-state index in [1.165, 1.54) is 12.1 Å². The number of nitrogens with one attached hydrogen (secondary N) is 1. The van der Waals surface area contributed by atoms with E-state index < -0.39 is 27.0 Å². The summed E-state index contributed by atoms with van der Waals surface area (Å²) in [5.41, 5.74) is -1.12. The van der Waals surface area contributed by atoms with E-state index in [0.29, 0.717) is 24.8 Å². The van der Waals surface area contributed by atoms with Gasteiger partial charge >= 0.3 is 0 Å². The van der Waals surface area contributed by atoms with Gasteiger partial charge in [-0.1, -0.05) is 12.1 Å². The first-order valence-electron chi connectivity index (χ1n) is 7.85. The molecule has 0 bridgehead atoms. The van der Waals surface area contributed by atoms with Crippen LogP contribution in [0.3, 0.4) is 0 Å². The number of rotatable bonds is 9. The maximum atomic E-state index is 13.9. The summed E-state index contributed by atoms with van der Waals surface area (Å²) in [4.78, 5) is 0. The first-order chi connectivity index (χ1) is 11.1. The SMILES string of the molecule is C=CCCS(=O)(=O)NC1(c2ccc(F)c(OCC(C)(C)O)c2)CC1. The van der Waals surface area contributed by atoms with Gasteiger partial charge in [-0.25, -0.2) is 17.5 Å². The highest BCUT2D eigenvalue weighted by atomic mass is 32.2. The maximum absolute atomic E-state index is 13.9. The zero-order valence-electron chi connectivity index (χ0n) is 14.0. The number of ether oxygens (including phenoxy) is 1. The van der Waals surface area contributed by atoms with Gasteiger partial charge in [0, 0.05) is 0 Å². The van der Waals surface area contributed by atoms with Gasteiger partial charge < -0.3 is 9.84 Å². The third-order valence-electron chi connectivity index (χ3n) is 3.76. The first-order valence-corrected chi connectivity index (χ1v) is 9.50. The molecule has 1 aliphatic rings. The summed E-state index contributed by atoms with van der Waals surface area (Å²) in [5, 5.41) is 9.70. The summed E-state index contributed by atoms with van der Waals surface area (Å²) in [6.45, 7) is 6.58. The second-order valence-electron chi connectivity index (χ2n) is 6.83. The molecule has 0 radical (unpaired) electrons. The second-order valence-corrected chi connectivity index (χ2v) is 8.67. The van der Waals surface area contributed by atoms with E-state index in [1.54, 1.807) is 26.0 Å². The fourth-order valence-corrected chi connectivity index (χ4v) is 3.82. The van der Waals surface area contributed by atoms with Gasteiger partial charge in [0.25, 0.3) is 0 Å². The summed E-state index contributed by atoms with van der Waals surface area (Å²) in [6.07, 6.45) is 3.22. The topological polar surface area (TPSA) is 75.6 Å². The van der Waals surface area contributed by atoms with Crippen LogP contribution in [0.15, 0.2) is 30.9 Å². The van der Waals surface area contributed by atoms with Crippen LogP contribution in [0.5, 0.6) is 5.75 Å². The average Bonchev–Trinajstić information content (AvgIpc) is 3.23. The molecule has 0 heterocycles. The zero-order chi connectivity index (χ0) is 18.0. The third-order valence-corrected chi connectivity index (χ3v) is 5.23. The molecular weight excluding hydrogens is 333 g/mol. The van der Waals surface area contributed by atoms with Crippen LogP contribution in [0.4, 0.5) is 4.39 Å². The van der Waals surface area contributed by atoms with E-state index in [4.69, 9.17) is 4.74 Å². The Balaban J connectivity index is 2.18. The minimum Gasteiger partial charge on any atom is -0.488 e. The number of aliphatic hydroxyl groups is 1. The Hall–Kier alpha value is -1.44. The van der Waals surface area contributed by atoms with Gasteiger partial charge in [-0.2, -0.15) is 0 Å². The van der Waals surface area contributed by atoms with E-state index in [9.17, 15) is 17.9 Å². The Labute approximate surface area is 142 Å². The van der Waals surface area contributed by atoms with E-state index in [0.717, 1.165) is 0 Å². The van der Waals surface area contributed by atoms with Crippen LogP contribution >= 0.6 is 0 Å². The Morgan fingerprint density at radius 2 is 2.12 bits per heavy atom. The lowest BCUT2D eigenvalue weighted by molar-refractivity contribution is 0.0271. The molecule has 1 fully saturated rings. The number of benzene rings is 1. The fraction of sp³-hybridized carbons (Fsp3) is 0.529. The second kappa shape index (κ2) is 6.82. The standard InChI is InChI=1S/C17H24FNO4S/c1-4-5-10-24(21,22)19-17(8-9-17)13-6-7-14(18)15(11-13)23-12-16(2,3)20/h4,6-7,11,19-20H,1,5,8-10,12H2,2-3H3. The van der Waals surface area contributed by atoms with Crippen LogP contribution in [0.2, 0.25) is 0 Å². The normalized spacial score (nSPS) is 16.7. The van der Waals surface area contributed by atoms with Crippen LogP contribution in [0, 0.1) is 5.82 Å². The van der Waals surface area contributed by atoms with Crippen LogP contribution in [-0.2, 0) is 15.6 Å². The minimum atomic E-state index is -3.44. The van der Waals surface area contributed by atoms with Crippen molar-refractivity contribution in [1.82, 2.24) is 4.72 Å². The summed E-state index contributed by atoms with van der Waals surface area (Å²) in [6, 6.07) is 4.33. The molecule has 7 heteroatoms. The van der Waals surface area contributed by atoms with Crippen molar-refractivity contribution in [2.24, 2.45) is 0 Å². The van der Waals surface area contributed by atoms with Gasteiger partial charge in [0.1, 0.15) is 6.61 Å². The monoisotopic (exact) mass is 357 g/mol. The van der Waals surface area contributed by atoms with Gasteiger partial charge in [0.15, 0.2) is 11.6 Å². The molecule has 5 nitrogen and oxygen atoms in total. The highest BCUT2D eigenvalue weighted by Crippen LogP contribution is 2.47. The van der Waals surface area contributed by atoms with Crippen LogP contribution in [0.25, 0.3) is 0 Å². The van der Waals surface area contributed by atoms with Gasteiger partial charge in [-0.05, 0) is 50.8 Å². The highest BCUT2D eigenvalue weighted by molar-refractivity contribution is 7.89. The van der Waals surface area contributed by atoms with Gasteiger partial charge in [0.2, 0.25) is 10.0 Å². The van der Waals surface area contributed by atoms with E-state index in [2.05, 4.69) is 11.3 Å². The van der Waals surface area contributed by atoms with Crippen molar-refractivity contribution in [3.05, 3.63) is 42.2 Å². The van der Waals surface area contributed by atoms with Gasteiger partial charge in [0.05, 0.1) is 16.9 Å². The lowest BCUT2D eigenvalue weighted by atomic mass is 10.1. The molecule has 0 saturated heterocycles. The molecule has 0 amide bonds. The molecule has 134 valence electrons. The number of hydrogen-bond acceptors (Lipinski definition) is 4. The van der Waals surface area contributed by atoms with Crippen molar-refractivity contribution in [3.63, 3.8) is 0 Å². The largest absolute Gasteiger partial charge is 0.488 e. The zero-order valence-corrected chi connectivity index (χ0v) is 14.8. The molecule has 0 unspecified atom stereocenters. The van der Waals surface area contributed by atoms with E-state index in [1.807, 2.05) is 0 Å². The van der Waals surface area contributed by atoms with Crippen LogP contribution < -0.4 is 9.46 Å². The quantitative estimate of drug-likeness (QED) is 0.666. The molecule has 1 saturated carbocycles. The Kier molecular flexibility index (Phi) is 5.37. The Bertz CT molecular complexity index is 706. The molecule has 0 atom stereocenters. The van der Waals surface area contributed by atoms with E-state index in [-0.39, 0.29) is 18.1 Å². The smallest absolute Gasteiger partial charge is 0.212 e. The van der Waals surface area contributed by atoms with Crippen molar-refractivity contribution in [2.45, 2.75) is 44.2 Å². The molecule has 2 rings (SSSR count). The molecule has 24 heavy (non-hydrogen) atoms. The molecule has 1 aromatic carbocycles. The number of hydrogen-bond donors (Lipinski definition) is 2. The third kappa shape index (κ3) is 5.03. The average molecular weight is 357 g/mol. The summed E-state index contributed by atoms with van der Waals surface area (Å²) in [7, 11) is -3.44. The van der Waals surface area contributed by atoms with E-state index >= 15 is 0 Å². The summed E-state index contributed by atoms with van der Waals surface area (Å²) in [5.74, 6) is -0.568. The van der Waals surface area contributed by atoms with Crippen molar-refractivity contribution >= 4 is 10.0 Å². The van der Waals surface area contributed by atoms with Crippen molar-refractivity contribution in [1.29, 1.82) is 0 Å². The van der Waals surface area contributed by atoms with Crippen LogP contribution in [0.1, 0.15) is 38.7 Å². The number of allylic oxidation sites excluding steroid dienone is 1. The molecule has 1 aliphatic carbocycles. The van der Waals surface area contributed by atoms with Gasteiger partial charge in [-0.3, -0.25) is 0 Å². The van der Waals surface area contributed by atoms with Crippen molar-refractivity contribution < 1.29 is 22.7 Å². The van der Waals surface area contributed by atoms with Crippen LogP contribution in [-0.4, -0.2) is 31.5 Å². The summed E-state index contributed by atoms with van der Waals surface area (Å²) < 4.78 is 46.2. The molecule has 1 aromatic rings. The lowest BCUT2D eigenvalue weighted by Gasteiger charge is -2.21. The Morgan fingerprint density at radius 3 is 2.67 bits per heavy atom. The number of sulfonamides is 1. The molecule has 2 N–H and O–H groups in total. The molecule has 0 aliphatic heterocycles. The molecular formula is C17H24FNO4S. The maximum Gasteiger partial charge on any atom is 0.212 e. The summed E-state index contributed by atoms with van der Waals surface area (Å²) >= 11 is 0. The predicted octanol–water partition coefficient (Wildman–Crippen LogP) is 2.46. The number of halogens is 1. The van der Waals surface area contributed by atoms with Crippen molar-refractivity contribution in [2.75, 3.05) is 12.4 Å². The minimum absolute atomic E-state index is 0.00573. The lowest BCUT2D eigenvalue weighted by Crippen LogP contribution is -2.36. The molecule has 0 aromatic heterocycles. The predicted molar refractivity (Wildman–Crippen MR) is 90.8 cm³/mol. The first kappa shape index (κ1) is 18.9.